The molecule has 4 rings (SSSR count). The standard InChI is InChI=1S/C27H40O7/c1-14(6-7-21(33)34)15-10-20(32)27(5)23-16(29)11-18-24(2,9-8-19(31)25(18,3)13-28)22(23)17(30)12-26(15,27)4/h15-16,18-20,28-29,31-32H,1,6-13H2,2-5H3,(H,33,34). The van der Waals surface area contributed by atoms with Gasteiger partial charge in [-0.3, -0.25) is 9.59 Å². The van der Waals surface area contributed by atoms with Crippen molar-refractivity contribution < 1.29 is 35.1 Å². The fraction of sp³-hybridized carbons (Fsp3) is 0.778. The Morgan fingerprint density at radius 1 is 1.06 bits per heavy atom. The number of aliphatic carboxylic acids is 1. The van der Waals surface area contributed by atoms with Crippen molar-refractivity contribution in [2.45, 2.75) is 91.0 Å². The number of hydrogen-bond donors (Lipinski definition) is 5. The highest BCUT2D eigenvalue weighted by molar-refractivity contribution is 6.00. The first-order chi connectivity index (χ1) is 15.7. The summed E-state index contributed by atoms with van der Waals surface area (Å²) in [5, 5.41) is 53.2. The minimum atomic E-state index is -0.974. The summed E-state index contributed by atoms with van der Waals surface area (Å²) in [6, 6.07) is 0. The van der Waals surface area contributed by atoms with E-state index in [-0.39, 0.29) is 43.5 Å². The summed E-state index contributed by atoms with van der Waals surface area (Å²) in [5.74, 6) is -1.48. The van der Waals surface area contributed by atoms with Gasteiger partial charge in [-0.2, -0.15) is 0 Å². The maximum absolute atomic E-state index is 13.9. The van der Waals surface area contributed by atoms with Crippen molar-refractivity contribution in [2.75, 3.05) is 6.61 Å². The number of allylic oxidation sites excluding steroid dienone is 2. The molecule has 7 nitrogen and oxygen atoms in total. The predicted octanol–water partition coefficient (Wildman–Crippen LogP) is 2.61. The third-order valence-electron chi connectivity index (χ3n) is 10.8. The van der Waals surface area contributed by atoms with Gasteiger partial charge in [0.05, 0.1) is 24.9 Å². The molecule has 2 fully saturated rings. The summed E-state index contributed by atoms with van der Waals surface area (Å²) in [5.41, 5.74) is -1.10. The number of aliphatic hydroxyl groups excluding tert-OH is 4. The van der Waals surface area contributed by atoms with Gasteiger partial charge in [-0.05, 0) is 60.3 Å². The zero-order valence-electron chi connectivity index (χ0n) is 20.8. The Kier molecular flexibility index (Phi) is 6.00. The molecule has 9 atom stereocenters. The zero-order valence-corrected chi connectivity index (χ0v) is 20.8. The molecule has 4 aliphatic carbocycles. The van der Waals surface area contributed by atoms with Crippen LogP contribution in [0, 0.1) is 33.5 Å². The summed E-state index contributed by atoms with van der Waals surface area (Å²) in [7, 11) is 0. The topological polar surface area (TPSA) is 135 Å². The molecule has 0 aromatic heterocycles. The molecule has 4 aliphatic rings. The maximum Gasteiger partial charge on any atom is 0.303 e. The second kappa shape index (κ2) is 7.99. The molecule has 0 bridgehead atoms. The molecule has 0 spiro atoms. The maximum atomic E-state index is 13.9. The number of rotatable bonds is 5. The Balaban J connectivity index is 1.85. The summed E-state index contributed by atoms with van der Waals surface area (Å²) in [6.07, 6.45) is -0.382. The highest BCUT2D eigenvalue weighted by Gasteiger charge is 2.70. The summed E-state index contributed by atoms with van der Waals surface area (Å²) >= 11 is 0. The molecular formula is C27H40O7. The number of fused-ring (bicyclic) bond motifs is 4. The number of carboxylic acids is 1. The van der Waals surface area contributed by atoms with Gasteiger partial charge in [0, 0.05) is 29.2 Å². The second-order valence-corrected chi connectivity index (χ2v) is 12.3. The monoisotopic (exact) mass is 476 g/mol. The van der Waals surface area contributed by atoms with Gasteiger partial charge in [-0.15, -0.1) is 0 Å². The average Bonchev–Trinajstić information content (AvgIpc) is 2.97. The SMILES string of the molecule is C=C(CCC(=O)O)C1CC(O)C2(C)C3=C(C(=O)CC12C)C1(C)CCC(O)C(C)(CO)C1CC3O. The molecule has 0 radical (unpaired) electrons. The van der Waals surface area contributed by atoms with Gasteiger partial charge in [0.2, 0.25) is 0 Å². The van der Waals surface area contributed by atoms with E-state index in [1.807, 2.05) is 27.7 Å². The number of hydrogen-bond acceptors (Lipinski definition) is 6. The Labute approximate surface area is 201 Å². The number of carbonyl (C=O) groups is 2. The molecule has 0 aliphatic heterocycles. The van der Waals surface area contributed by atoms with Gasteiger partial charge < -0.3 is 25.5 Å². The number of carbonyl (C=O) groups excluding carboxylic acids is 1. The number of aliphatic hydroxyl groups is 4. The molecule has 190 valence electrons. The molecule has 0 heterocycles. The molecule has 2 saturated carbocycles. The fourth-order valence-electron chi connectivity index (χ4n) is 8.57. The Hall–Kier alpha value is -1.54. The van der Waals surface area contributed by atoms with E-state index in [9.17, 15) is 30.0 Å². The molecule has 0 aromatic carbocycles. The first kappa shape index (κ1) is 25.5. The normalized spacial score (nSPS) is 48.2. The van der Waals surface area contributed by atoms with Gasteiger partial charge in [-0.1, -0.05) is 39.8 Å². The lowest BCUT2D eigenvalue weighted by Gasteiger charge is -2.62. The van der Waals surface area contributed by atoms with E-state index in [0.717, 1.165) is 5.57 Å². The van der Waals surface area contributed by atoms with Gasteiger partial charge in [-0.25, -0.2) is 0 Å². The van der Waals surface area contributed by atoms with E-state index >= 15 is 0 Å². The van der Waals surface area contributed by atoms with Gasteiger partial charge >= 0.3 is 5.97 Å². The van der Waals surface area contributed by atoms with E-state index in [4.69, 9.17) is 5.11 Å². The van der Waals surface area contributed by atoms with Crippen LogP contribution in [0.25, 0.3) is 0 Å². The van der Waals surface area contributed by atoms with Crippen molar-refractivity contribution in [3.63, 3.8) is 0 Å². The van der Waals surface area contributed by atoms with Gasteiger partial charge in [0.25, 0.3) is 0 Å². The average molecular weight is 477 g/mol. The molecule has 34 heavy (non-hydrogen) atoms. The van der Waals surface area contributed by atoms with Gasteiger partial charge in [0.15, 0.2) is 5.78 Å². The Bertz CT molecular complexity index is 955. The molecule has 0 saturated heterocycles. The molecule has 7 heteroatoms. The van der Waals surface area contributed by atoms with E-state index in [1.54, 1.807) is 0 Å². The first-order valence-electron chi connectivity index (χ1n) is 12.5. The molecule has 9 unspecified atom stereocenters. The number of Topliss-reactive ketones (excluding diaryl/α,β-unsaturated/α-hetero) is 1. The second-order valence-electron chi connectivity index (χ2n) is 12.3. The third-order valence-corrected chi connectivity index (χ3v) is 10.8. The highest BCUT2D eigenvalue weighted by Crippen LogP contribution is 2.71. The van der Waals surface area contributed by atoms with Crippen molar-refractivity contribution >= 4 is 11.8 Å². The van der Waals surface area contributed by atoms with Crippen LogP contribution in [0.15, 0.2) is 23.3 Å². The fourth-order valence-corrected chi connectivity index (χ4v) is 8.57. The lowest BCUT2D eigenvalue weighted by molar-refractivity contribution is -0.150. The van der Waals surface area contributed by atoms with Crippen LogP contribution in [-0.4, -0.2) is 62.2 Å². The third kappa shape index (κ3) is 3.09. The smallest absolute Gasteiger partial charge is 0.303 e. The summed E-state index contributed by atoms with van der Waals surface area (Å²) < 4.78 is 0. The van der Waals surface area contributed by atoms with Gasteiger partial charge in [0.1, 0.15) is 0 Å². The molecular weight excluding hydrogens is 436 g/mol. The molecule has 0 aromatic rings. The van der Waals surface area contributed by atoms with E-state index in [1.165, 1.54) is 0 Å². The van der Waals surface area contributed by atoms with Crippen molar-refractivity contribution in [3.8, 4) is 0 Å². The lowest BCUT2D eigenvalue weighted by Crippen LogP contribution is -2.62. The molecule has 5 N–H and O–H groups in total. The zero-order chi connectivity index (χ0) is 25.4. The predicted molar refractivity (Wildman–Crippen MR) is 126 cm³/mol. The van der Waals surface area contributed by atoms with Crippen LogP contribution in [0.4, 0.5) is 0 Å². The van der Waals surface area contributed by atoms with E-state index in [0.29, 0.717) is 36.8 Å². The van der Waals surface area contributed by atoms with Crippen molar-refractivity contribution in [2.24, 2.45) is 33.5 Å². The van der Waals surface area contributed by atoms with Crippen LogP contribution in [0.3, 0.4) is 0 Å². The summed E-state index contributed by atoms with van der Waals surface area (Å²) in [4.78, 5) is 25.1. The number of ketones is 1. The number of carboxylic acid groups (broad SMARTS) is 1. The minimum Gasteiger partial charge on any atom is -0.481 e. The van der Waals surface area contributed by atoms with Crippen LogP contribution < -0.4 is 0 Å². The van der Waals surface area contributed by atoms with E-state index < -0.39 is 45.9 Å². The van der Waals surface area contributed by atoms with E-state index in [2.05, 4.69) is 6.58 Å². The Morgan fingerprint density at radius 3 is 2.29 bits per heavy atom. The largest absolute Gasteiger partial charge is 0.481 e. The van der Waals surface area contributed by atoms with Crippen LogP contribution in [0.1, 0.15) is 72.6 Å². The first-order valence-corrected chi connectivity index (χ1v) is 12.5. The van der Waals surface area contributed by atoms with Crippen molar-refractivity contribution in [1.82, 2.24) is 0 Å². The van der Waals surface area contributed by atoms with Crippen LogP contribution in [0.5, 0.6) is 0 Å². The summed E-state index contributed by atoms with van der Waals surface area (Å²) in [6.45, 7) is 11.7. The van der Waals surface area contributed by atoms with Crippen molar-refractivity contribution in [1.29, 1.82) is 0 Å². The van der Waals surface area contributed by atoms with Crippen molar-refractivity contribution in [3.05, 3.63) is 23.3 Å². The van der Waals surface area contributed by atoms with Crippen LogP contribution in [-0.2, 0) is 9.59 Å². The minimum absolute atomic E-state index is 0.0510. The highest BCUT2D eigenvalue weighted by atomic mass is 16.4. The molecule has 0 amide bonds. The van der Waals surface area contributed by atoms with Crippen LogP contribution >= 0.6 is 0 Å². The lowest BCUT2D eigenvalue weighted by atomic mass is 9.42. The Morgan fingerprint density at radius 2 is 1.71 bits per heavy atom. The van der Waals surface area contributed by atoms with Crippen LogP contribution in [0.2, 0.25) is 0 Å². The quantitative estimate of drug-likeness (QED) is 0.385.